The van der Waals surface area contributed by atoms with Gasteiger partial charge in [0.1, 0.15) is 0 Å². The summed E-state index contributed by atoms with van der Waals surface area (Å²) in [5, 5.41) is 14.6. The van der Waals surface area contributed by atoms with Crippen LogP contribution in [-0.2, 0) is 4.74 Å². The number of nitrogens with one attached hydrogen (secondary N) is 1. The summed E-state index contributed by atoms with van der Waals surface area (Å²) >= 11 is 0. The van der Waals surface area contributed by atoms with Gasteiger partial charge in [-0.3, -0.25) is 10.1 Å². The first-order valence-corrected chi connectivity index (χ1v) is 7.55. The van der Waals surface area contributed by atoms with Crippen molar-refractivity contribution in [2.75, 3.05) is 11.9 Å². The Labute approximate surface area is 124 Å². The third-order valence-electron chi connectivity index (χ3n) is 5.14. The monoisotopic (exact) mass is 290 g/mol. The molecule has 1 aliphatic heterocycles. The molecular formula is C16H22N2O3. The van der Waals surface area contributed by atoms with Crippen LogP contribution in [0.3, 0.4) is 0 Å². The molecule has 1 aromatic rings. The van der Waals surface area contributed by atoms with Crippen LogP contribution in [0.4, 0.5) is 11.4 Å². The Morgan fingerprint density at radius 2 is 2.19 bits per heavy atom. The number of nitro benzene ring substituents is 1. The number of hydrogen-bond acceptors (Lipinski definition) is 4. The summed E-state index contributed by atoms with van der Waals surface area (Å²) in [6.07, 6.45) is 2.58. The minimum atomic E-state index is -0.320. The van der Waals surface area contributed by atoms with Gasteiger partial charge in [-0.05, 0) is 25.8 Å². The first kappa shape index (κ1) is 14.3. The van der Waals surface area contributed by atoms with Crippen molar-refractivity contribution < 1.29 is 9.66 Å². The van der Waals surface area contributed by atoms with Crippen LogP contribution >= 0.6 is 0 Å². The van der Waals surface area contributed by atoms with Crippen LogP contribution in [-0.4, -0.2) is 23.7 Å². The number of hydrogen-bond donors (Lipinski definition) is 1. The molecule has 5 nitrogen and oxygen atoms in total. The molecule has 0 spiro atoms. The quantitative estimate of drug-likeness (QED) is 0.683. The zero-order valence-electron chi connectivity index (χ0n) is 12.8. The number of ether oxygens (including phenoxy) is 1. The van der Waals surface area contributed by atoms with Crippen LogP contribution in [0.1, 0.15) is 32.3 Å². The topological polar surface area (TPSA) is 64.4 Å². The highest BCUT2D eigenvalue weighted by atomic mass is 16.6. The lowest BCUT2D eigenvalue weighted by atomic mass is 9.55. The lowest BCUT2D eigenvalue weighted by Crippen LogP contribution is -2.67. The van der Waals surface area contributed by atoms with E-state index in [2.05, 4.69) is 19.2 Å². The van der Waals surface area contributed by atoms with Gasteiger partial charge in [0.15, 0.2) is 0 Å². The van der Waals surface area contributed by atoms with Crippen molar-refractivity contribution in [3.63, 3.8) is 0 Å². The maximum Gasteiger partial charge on any atom is 0.274 e. The Hall–Kier alpha value is -1.62. The van der Waals surface area contributed by atoms with Gasteiger partial charge in [-0.25, -0.2) is 0 Å². The van der Waals surface area contributed by atoms with E-state index in [4.69, 9.17) is 4.74 Å². The normalized spacial score (nSPS) is 30.1. The second kappa shape index (κ2) is 4.98. The largest absolute Gasteiger partial charge is 0.381 e. The van der Waals surface area contributed by atoms with Crippen molar-refractivity contribution in [3.05, 3.63) is 33.9 Å². The molecule has 114 valence electrons. The molecule has 1 saturated heterocycles. The molecule has 3 atom stereocenters. The summed E-state index contributed by atoms with van der Waals surface area (Å²) in [5.41, 5.74) is 1.81. The van der Waals surface area contributed by atoms with Gasteiger partial charge in [-0.1, -0.05) is 19.9 Å². The summed E-state index contributed by atoms with van der Waals surface area (Å²) in [4.78, 5) is 10.7. The van der Waals surface area contributed by atoms with Crippen molar-refractivity contribution in [3.8, 4) is 0 Å². The van der Waals surface area contributed by atoms with Crippen molar-refractivity contribution in [2.45, 2.75) is 45.8 Å². The number of nitrogens with zero attached hydrogens (tertiary/aromatic N) is 1. The number of benzene rings is 1. The zero-order chi connectivity index (χ0) is 15.2. The molecule has 2 fully saturated rings. The van der Waals surface area contributed by atoms with Crippen LogP contribution in [0.15, 0.2) is 18.2 Å². The first-order chi connectivity index (χ1) is 9.93. The summed E-state index contributed by atoms with van der Waals surface area (Å²) < 4.78 is 5.90. The first-order valence-electron chi connectivity index (χ1n) is 7.55. The van der Waals surface area contributed by atoms with Gasteiger partial charge >= 0.3 is 0 Å². The highest BCUT2D eigenvalue weighted by molar-refractivity contribution is 5.60. The molecule has 1 heterocycles. The Balaban J connectivity index is 1.84. The highest BCUT2D eigenvalue weighted by Gasteiger charge is 2.58. The Bertz CT molecular complexity index is 571. The summed E-state index contributed by atoms with van der Waals surface area (Å²) in [6.45, 7) is 7.09. The standard InChI is InChI=1S/C16H22N2O3/c1-10-12(7-4-8-13(10)18(19)20)17-14-11-6-5-9-21-15(11)16(14,2)3/h4,7-8,11,14-15,17H,5-6,9H2,1-3H3. The van der Waals surface area contributed by atoms with E-state index >= 15 is 0 Å². The summed E-state index contributed by atoms with van der Waals surface area (Å²) in [7, 11) is 0. The fourth-order valence-corrected chi connectivity index (χ4v) is 3.96. The molecule has 0 amide bonds. The molecule has 3 unspecified atom stereocenters. The predicted octanol–water partition coefficient (Wildman–Crippen LogP) is 3.52. The summed E-state index contributed by atoms with van der Waals surface area (Å²) in [5.74, 6) is 0.507. The predicted molar refractivity (Wildman–Crippen MR) is 81.5 cm³/mol. The molecule has 21 heavy (non-hydrogen) atoms. The third kappa shape index (κ3) is 2.20. The van der Waals surface area contributed by atoms with Gasteiger partial charge < -0.3 is 10.1 Å². The number of fused-ring (bicyclic) bond motifs is 1. The lowest BCUT2D eigenvalue weighted by molar-refractivity contribution is -0.385. The number of rotatable bonds is 3. The minimum absolute atomic E-state index is 0.0577. The van der Waals surface area contributed by atoms with E-state index in [1.165, 1.54) is 6.42 Å². The zero-order valence-corrected chi connectivity index (χ0v) is 12.8. The number of nitro groups is 1. The van der Waals surface area contributed by atoms with Crippen molar-refractivity contribution in [1.82, 2.24) is 0 Å². The Morgan fingerprint density at radius 1 is 1.43 bits per heavy atom. The molecule has 1 N–H and O–H groups in total. The minimum Gasteiger partial charge on any atom is -0.381 e. The van der Waals surface area contributed by atoms with E-state index in [1.54, 1.807) is 19.1 Å². The van der Waals surface area contributed by atoms with Crippen molar-refractivity contribution in [2.24, 2.45) is 11.3 Å². The van der Waals surface area contributed by atoms with Crippen LogP contribution in [0.25, 0.3) is 0 Å². The molecular weight excluding hydrogens is 268 g/mol. The van der Waals surface area contributed by atoms with Crippen molar-refractivity contribution in [1.29, 1.82) is 0 Å². The fourth-order valence-electron chi connectivity index (χ4n) is 3.96. The Kier molecular flexibility index (Phi) is 3.40. The van der Waals surface area contributed by atoms with E-state index in [0.29, 0.717) is 23.6 Å². The van der Waals surface area contributed by atoms with Crippen LogP contribution in [0, 0.1) is 28.4 Å². The molecule has 1 saturated carbocycles. The molecule has 0 bridgehead atoms. The summed E-state index contributed by atoms with van der Waals surface area (Å²) in [6, 6.07) is 5.53. The molecule has 1 aliphatic carbocycles. The molecule has 1 aromatic carbocycles. The third-order valence-corrected chi connectivity index (χ3v) is 5.14. The molecule has 5 heteroatoms. The van der Waals surface area contributed by atoms with Crippen LogP contribution in [0.5, 0.6) is 0 Å². The van der Waals surface area contributed by atoms with Gasteiger partial charge in [0.05, 0.1) is 11.0 Å². The second-order valence-corrected chi connectivity index (χ2v) is 6.75. The van der Waals surface area contributed by atoms with Gasteiger partial charge in [-0.2, -0.15) is 0 Å². The Morgan fingerprint density at radius 3 is 2.90 bits per heavy atom. The second-order valence-electron chi connectivity index (χ2n) is 6.75. The van der Waals surface area contributed by atoms with E-state index in [0.717, 1.165) is 18.7 Å². The van der Waals surface area contributed by atoms with Gasteiger partial charge in [0, 0.05) is 41.3 Å². The number of anilines is 1. The molecule has 2 aliphatic rings. The lowest BCUT2D eigenvalue weighted by Gasteiger charge is -2.60. The maximum atomic E-state index is 11.1. The van der Waals surface area contributed by atoms with Gasteiger partial charge in [0.25, 0.3) is 5.69 Å². The average Bonchev–Trinajstić information content (AvgIpc) is 2.45. The smallest absolute Gasteiger partial charge is 0.274 e. The van der Waals surface area contributed by atoms with E-state index in [-0.39, 0.29) is 16.0 Å². The highest BCUT2D eigenvalue weighted by Crippen LogP contribution is 2.52. The van der Waals surface area contributed by atoms with Gasteiger partial charge in [-0.15, -0.1) is 0 Å². The van der Waals surface area contributed by atoms with Gasteiger partial charge in [0.2, 0.25) is 0 Å². The maximum absolute atomic E-state index is 11.1. The van der Waals surface area contributed by atoms with Crippen molar-refractivity contribution >= 4 is 11.4 Å². The van der Waals surface area contributed by atoms with E-state index in [1.807, 2.05) is 6.07 Å². The van der Waals surface area contributed by atoms with Crippen LogP contribution < -0.4 is 5.32 Å². The molecule has 0 radical (unpaired) electrons. The fraction of sp³-hybridized carbons (Fsp3) is 0.625. The average molecular weight is 290 g/mol. The SMILES string of the molecule is Cc1c(NC2C3CCCOC3C2(C)C)cccc1[N+](=O)[O-]. The molecule has 3 rings (SSSR count). The van der Waals surface area contributed by atoms with E-state index < -0.39 is 0 Å². The van der Waals surface area contributed by atoms with Crippen LogP contribution in [0.2, 0.25) is 0 Å². The van der Waals surface area contributed by atoms with E-state index in [9.17, 15) is 10.1 Å². The molecule has 0 aromatic heterocycles.